The van der Waals surface area contributed by atoms with E-state index in [2.05, 4.69) is 36.1 Å². The van der Waals surface area contributed by atoms with Crippen molar-refractivity contribution in [1.29, 1.82) is 0 Å². The van der Waals surface area contributed by atoms with Gasteiger partial charge in [0.05, 0.1) is 0 Å². The van der Waals surface area contributed by atoms with E-state index in [4.69, 9.17) is 5.73 Å². The molecule has 2 rings (SSSR count). The number of nitrogens with two attached hydrogens (primary N) is 1. The molecule has 0 radical (unpaired) electrons. The van der Waals surface area contributed by atoms with Crippen LogP contribution in [0.15, 0.2) is 36.5 Å². The number of nitrogens with zero attached hydrogens (tertiary/aromatic N) is 2. The van der Waals surface area contributed by atoms with Crippen LogP contribution in [0, 0.1) is 0 Å². The van der Waals surface area contributed by atoms with Crippen molar-refractivity contribution in [2.45, 2.75) is 32.7 Å². The number of primary amides is 1. The van der Waals surface area contributed by atoms with Crippen LogP contribution in [0.4, 0.5) is 5.82 Å². The summed E-state index contributed by atoms with van der Waals surface area (Å²) in [6.45, 7) is 6.79. The highest BCUT2D eigenvalue weighted by Gasteiger charge is 2.17. The molecule has 0 atom stereocenters. The van der Waals surface area contributed by atoms with E-state index in [0.29, 0.717) is 12.1 Å². The molecule has 0 aliphatic rings. The smallest absolute Gasteiger partial charge is 0.248 e. The van der Waals surface area contributed by atoms with Gasteiger partial charge in [0, 0.05) is 23.7 Å². The largest absolute Gasteiger partial charge is 0.366 e. The van der Waals surface area contributed by atoms with Crippen molar-refractivity contribution in [2.75, 3.05) is 5.32 Å². The van der Waals surface area contributed by atoms with E-state index < -0.39 is 5.91 Å². The minimum atomic E-state index is -0.422. The molecule has 1 amide bonds. The molecule has 5 heteroatoms. The summed E-state index contributed by atoms with van der Waals surface area (Å²) in [5, 5.41) is 3.24. The van der Waals surface area contributed by atoms with Crippen LogP contribution in [-0.4, -0.2) is 15.9 Å². The van der Waals surface area contributed by atoms with Crippen molar-refractivity contribution in [3.63, 3.8) is 0 Å². The molecule has 1 aromatic carbocycles. The summed E-state index contributed by atoms with van der Waals surface area (Å²) in [7, 11) is 0. The minimum absolute atomic E-state index is 0.0937. The monoisotopic (exact) mass is 284 g/mol. The minimum Gasteiger partial charge on any atom is -0.366 e. The lowest BCUT2D eigenvalue weighted by atomic mass is 9.96. The SMILES string of the molecule is CC(C)(C)c1nccc(NCc2cccc(C(N)=O)c2)n1. The molecule has 0 unspecified atom stereocenters. The number of hydrogen-bond acceptors (Lipinski definition) is 4. The van der Waals surface area contributed by atoms with E-state index in [1.807, 2.05) is 18.2 Å². The van der Waals surface area contributed by atoms with Crippen molar-refractivity contribution in [3.05, 3.63) is 53.5 Å². The van der Waals surface area contributed by atoms with Crippen molar-refractivity contribution in [3.8, 4) is 0 Å². The Balaban J connectivity index is 2.10. The molecule has 3 N–H and O–H groups in total. The van der Waals surface area contributed by atoms with Gasteiger partial charge in [-0.15, -0.1) is 0 Å². The second-order valence-corrected chi connectivity index (χ2v) is 5.93. The average Bonchev–Trinajstić information content (AvgIpc) is 2.45. The maximum atomic E-state index is 11.2. The fourth-order valence-electron chi connectivity index (χ4n) is 1.85. The van der Waals surface area contributed by atoms with Gasteiger partial charge in [0.1, 0.15) is 11.6 Å². The Morgan fingerprint density at radius 3 is 2.71 bits per heavy atom. The van der Waals surface area contributed by atoms with Gasteiger partial charge in [-0.3, -0.25) is 4.79 Å². The van der Waals surface area contributed by atoms with Crippen molar-refractivity contribution >= 4 is 11.7 Å². The summed E-state index contributed by atoms with van der Waals surface area (Å²) in [6, 6.07) is 9.06. The molecule has 0 aliphatic carbocycles. The third-order valence-corrected chi connectivity index (χ3v) is 3.01. The molecule has 0 saturated carbocycles. The highest BCUT2D eigenvalue weighted by atomic mass is 16.1. The molecule has 0 bridgehead atoms. The van der Waals surface area contributed by atoms with Gasteiger partial charge >= 0.3 is 0 Å². The summed E-state index contributed by atoms with van der Waals surface area (Å²) >= 11 is 0. The van der Waals surface area contributed by atoms with Gasteiger partial charge in [0.25, 0.3) is 0 Å². The maximum Gasteiger partial charge on any atom is 0.248 e. The summed E-state index contributed by atoms with van der Waals surface area (Å²) in [5.41, 5.74) is 6.67. The fraction of sp³-hybridized carbons (Fsp3) is 0.312. The highest BCUT2D eigenvalue weighted by molar-refractivity contribution is 5.92. The predicted octanol–water partition coefficient (Wildman–Crippen LogP) is 2.49. The Labute approximate surface area is 124 Å². The zero-order valence-corrected chi connectivity index (χ0v) is 12.6. The van der Waals surface area contributed by atoms with Gasteiger partial charge in [-0.05, 0) is 23.8 Å². The first-order valence-corrected chi connectivity index (χ1v) is 6.82. The Hall–Kier alpha value is -2.43. The summed E-state index contributed by atoms with van der Waals surface area (Å²) < 4.78 is 0. The van der Waals surface area contributed by atoms with Crippen LogP contribution in [0.3, 0.4) is 0 Å². The molecule has 1 heterocycles. The Bertz CT molecular complexity index is 647. The third-order valence-electron chi connectivity index (χ3n) is 3.01. The lowest BCUT2D eigenvalue weighted by molar-refractivity contribution is 0.1000. The molecule has 0 aliphatic heterocycles. The average molecular weight is 284 g/mol. The van der Waals surface area contributed by atoms with Crippen LogP contribution in [0.25, 0.3) is 0 Å². The van der Waals surface area contributed by atoms with E-state index in [0.717, 1.165) is 17.2 Å². The standard InChI is InChI=1S/C16H20N4O/c1-16(2,3)15-18-8-7-13(20-15)19-10-11-5-4-6-12(9-11)14(17)21/h4-9H,10H2,1-3H3,(H2,17,21)(H,18,19,20). The van der Waals surface area contributed by atoms with Gasteiger partial charge in [-0.2, -0.15) is 0 Å². The first-order valence-electron chi connectivity index (χ1n) is 6.82. The number of anilines is 1. The number of nitrogens with one attached hydrogen (secondary N) is 1. The Kier molecular flexibility index (Phi) is 4.21. The van der Waals surface area contributed by atoms with Crippen LogP contribution in [-0.2, 0) is 12.0 Å². The second-order valence-electron chi connectivity index (χ2n) is 5.93. The van der Waals surface area contributed by atoms with E-state index in [1.165, 1.54) is 0 Å². The van der Waals surface area contributed by atoms with E-state index >= 15 is 0 Å². The molecule has 21 heavy (non-hydrogen) atoms. The Morgan fingerprint density at radius 2 is 2.05 bits per heavy atom. The van der Waals surface area contributed by atoms with Gasteiger partial charge in [0.2, 0.25) is 5.91 Å². The van der Waals surface area contributed by atoms with Crippen LogP contribution in [0.2, 0.25) is 0 Å². The van der Waals surface area contributed by atoms with Gasteiger partial charge in [-0.1, -0.05) is 32.9 Å². The van der Waals surface area contributed by atoms with Gasteiger partial charge < -0.3 is 11.1 Å². The molecule has 2 aromatic rings. The quantitative estimate of drug-likeness (QED) is 0.903. The van der Waals surface area contributed by atoms with Crippen LogP contribution < -0.4 is 11.1 Å². The lowest BCUT2D eigenvalue weighted by Gasteiger charge is -2.17. The number of hydrogen-bond donors (Lipinski definition) is 2. The van der Waals surface area contributed by atoms with Crippen LogP contribution >= 0.6 is 0 Å². The highest BCUT2D eigenvalue weighted by Crippen LogP contribution is 2.19. The van der Waals surface area contributed by atoms with Gasteiger partial charge in [0.15, 0.2) is 0 Å². The van der Waals surface area contributed by atoms with Crippen LogP contribution in [0.1, 0.15) is 42.5 Å². The van der Waals surface area contributed by atoms with Crippen LogP contribution in [0.5, 0.6) is 0 Å². The number of carbonyl (C=O) groups excluding carboxylic acids is 1. The summed E-state index contributed by atoms with van der Waals surface area (Å²) in [6.07, 6.45) is 1.75. The number of amides is 1. The second kappa shape index (κ2) is 5.91. The van der Waals surface area contributed by atoms with Gasteiger partial charge in [-0.25, -0.2) is 9.97 Å². The zero-order valence-electron chi connectivity index (χ0n) is 12.6. The third kappa shape index (κ3) is 4.02. The van der Waals surface area contributed by atoms with Crippen molar-refractivity contribution in [2.24, 2.45) is 5.73 Å². The van der Waals surface area contributed by atoms with Crippen molar-refractivity contribution < 1.29 is 4.79 Å². The maximum absolute atomic E-state index is 11.2. The molecule has 0 spiro atoms. The Morgan fingerprint density at radius 1 is 1.29 bits per heavy atom. The number of aromatic nitrogens is 2. The first kappa shape index (κ1) is 15.0. The summed E-state index contributed by atoms with van der Waals surface area (Å²) in [5.74, 6) is 1.13. The first-order chi connectivity index (χ1) is 9.86. The number of rotatable bonds is 4. The number of carbonyl (C=O) groups is 1. The van der Waals surface area contributed by atoms with E-state index in [9.17, 15) is 4.79 Å². The molecule has 5 nitrogen and oxygen atoms in total. The molecular formula is C16H20N4O. The normalized spacial score (nSPS) is 11.2. The molecule has 0 fully saturated rings. The topological polar surface area (TPSA) is 80.9 Å². The van der Waals surface area contributed by atoms with E-state index in [-0.39, 0.29) is 5.41 Å². The lowest BCUT2D eigenvalue weighted by Crippen LogP contribution is -2.17. The fourth-order valence-corrected chi connectivity index (χ4v) is 1.85. The molecule has 110 valence electrons. The summed E-state index contributed by atoms with van der Waals surface area (Å²) in [4.78, 5) is 20.0. The molecule has 1 aromatic heterocycles. The molecular weight excluding hydrogens is 264 g/mol. The molecule has 0 saturated heterocycles. The van der Waals surface area contributed by atoms with E-state index in [1.54, 1.807) is 18.3 Å². The predicted molar refractivity (Wildman–Crippen MR) is 83.0 cm³/mol. The number of benzene rings is 1. The zero-order chi connectivity index (χ0) is 15.5. The van der Waals surface area contributed by atoms with Crippen molar-refractivity contribution in [1.82, 2.24) is 9.97 Å².